The van der Waals surface area contributed by atoms with Gasteiger partial charge < -0.3 is 10.2 Å². The Hall–Kier alpha value is -1.82. The van der Waals surface area contributed by atoms with Crippen molar-refractivity contribution in [3.63, 3.8) is 0 Å². The molecule has 5 nitrogen and oxygen atoms in total. The zero-order chi connectivity index (χ0) is 16.9. The second-order valence-electron chi connectivity index (χ2n) is 5.83. The van der Waals surface area contributed by atoms with E-state index in [0.29, 0.717) is 22.3 Å². The predicted octanol–water partition coefficient (Wildman–Crippen LogP) is 1.15. The molecule has 1 fully saturated rings. The summed E-state index contributed by atoms with van der Waals surface area (Å²) < 4.78 is 0. The van der Waals surface area contributed by atoms with Gasteiger partial charge in [-0.05, 0) is 24.3 Å². The minimum atomic E-state index is -0.0473. The summed E-state index contributed by atoms with van der Waals surface area (Å²) in [6.45, 7) is 4.09. The van der Waals surface area contributed by atoms with Crippen molar-refractivity contribution in [1.29, 1.82) is 0 Å². The number of carbonyl (C=O) groups excluding carboxylic acids is 1. The first-order chi connectivity index (χ1) is 11.6. The average molecular weight is 367 g/mol. The molecule has 1 amide bonds. The van der Waals surface area contributed by atoms with Crippen molar-refractivity contribution in [2.75, 3.05) is 42.9 Å². The van der Waals surface area contributed by atoms with Crippen LogP contribution in [-0.2, 0) is 4.79 Å². The van der Waals surface area contributed by atoms with Crippen molar-refractivity contribution in [3.8, 4) is 0 Å². The molecule has 0 atom stereocenters. The maximum absolute atomic E-state index is 12.2. The number of amides is 1. The molecule has 0 radical (unpaired) electrons. The number of rotatable bonds is 4. The highest BCUT2D eigenvalue weighted by atomic mass is 35.5. The van der Waals surface area contributed by atoms with Gasteiger partial charge in [-0.15, -0.1) is 0 Å². The first-order valence-electron chi connectivity index (χ1n) is 7.92. The maximum atomic E-state index is 12.2. The van der Waals surface area contributed by atoms with Gasteiger partial charge in [0.25, 0.3) is 11.7 Å². The zero-order valence-corrected chi connectivity index (χ0v) is 14.7. The van der Waals surface area contributed by atoms with Gasteiger partial charge in [-0.1, -0.05) is 29.3 Å². The number of pyridine rings is 1. The summed E-state index contributed by atoms with van der Waals surface area (Å²) in [4.78, 5) is 19.1. The van der Waals surface area contributed by atoms with Gasteiger partial charge in [-0.3, -0.25) is 9.69 Å². The highest BCUT2D eigenvalue weighted by molar-refractivity contribution is 6.35. The normalized spacial score (nSPS) is 15.3. The van der Waals surface area contributed by atoms with Crippen LogP contribution in [0, 0.1) is 0 Å². The summed E-state index contributed by atoms with van der Waals surface area (Å²) in [5.74, 6) is 1.07. The number of aromatic amines is 1. The Morgan fingerprint density at radius 2 is 2.00 bits per heavy atom. The molecular formula is C17H20Cl2N4O+2. The molecule has 3 N–H and O–H groups in total. The number of H-pyrrole nitrogens is 1. The van der Waals surface area contributed by atoms with Crippen molar-refractivity contribution in [2.45, 2.75) is 0 Å². The molecule has 7 heteroatoms. The Labute approximate surface area is 151 Å². The molecule has 1 aromatic heterocycles. The maximum Gasteiger partial charge on any atom is 0.279 e. The molecular weight excluding hydrogens is 347 g/mol. The van der Waals surface area contributed by atoms with Crippen LogP contribution < -0.4 is 20.1 Å². The van der Waals surface area contributed by atoms with Crippen LogP contribution in [0.5, 0.6) is 0 Å². The fraction of sp³-hybridized carbons (Fsp3) is 0.294. The molecule has 0 bridgehead atoms. The number of quaternary nitrogens is 1. The SMILES string of the molecule is O=C(C[NH+]1CCN(c2cccc[nH+]2)CC1)Nc1cc(Cl)ccc1Cl. The van der Waals surface area contributed by atoms with Crippen molar-refractivity contribution in [3.05, 3.63) is 52.6 Å². The quantitative estimate of drug-likeness (QED) is 0.852. The van der Waals surface area contributed by atoms with Gasteiger partial charge in [0.1, 0.15) is 26.2 Å². The first-order valence-corrected chi connectivity index (χ1v) is 8.67. The van der Waals surface area contributed by atoms with E-state index >= 15 is 0 Å². The number of hydrogen-bond donors (Lipinski definition) is 2. The summed E-state index contributed by atoms with van der Waals surface area (Å²) in [6.07, 6.45) is 1.93. The number of benzene rings is 1. The third kappa shape index (κ3) is 4.38. The third-order valence-electron chi connectivity index (χ3n) is 4.12. The number of hydrogen-bond acceptors (Lipinski definition) is 2. The van der Waals surface area contributed by atoms with Crippen molar-refractivity contribution in [2.24, 2.45) is 0 Å². The molecule has 1 aromatic carbocycles. The highest BCUT2D eigenvalue weighted by Gasteiger charge is 2.27. The Morgan fingerprint density at radius 3 is 2.71 bits per heavy atom. The summed E-state index contributed by atoms with van der Waals surface area (Å²) >= 11 is 12.0. The van der Waals surface area contributed by atoms with Gasteiger partial charge >= 0.3 is 0 Å². The topological polar surface area (TPSA) is 50.9 Å². The molecule has 1 aliphatic rings. The fourth-order valence-electron chi connectivity index (χ4n) is 2.84. The Bertz CT molecular complexity index is 703. The van der Waals surface area contributed by atoms with E-state index in [-0.39, 0.29) is 5.91 Å². The van der Waals surface area contributed by atoms with E-state index in [1.54, 1.807) is 18.2 Å². The molecule has 1 aliphatic heterocycles. The van der Waals surface area contributed by atoms with Crippen molar-refractivity contribution >= 4 is 40.6 Å². The van der Waals surface area contributed by atoms with Gasteiger partial charge in [0.05, 0.1) is 16.9 Å². The molecule has 0 spiro atoms. The Morgan fingerprint density at radius 1 is 1.21 bits per heavy atom. The van der Waals surface area contributed by atoms with Crippen LogP contribution in [0.1, 0.15) is 0 Å². The lowest BCUT2D eigenvalue weighted by atomic mass is 10.3. The number of halogens is 2. The average Bonchev–Trinajstić information content (AvgIpc) is 2.59. The summed E-state index contributed by atoms with van der Waals surface area (Å²) in [7, 11) is 0. The van der Waals surface area contributed by atoms with E-state index in [4.69, 9.17) is 23.2 Å². The van der Waals surface area contributed by atoms with Gasteiger partial charge in [0.15, 0.2) is 6.54 Å². The molecule has 2 aromatic rings. The largest absolute Gasteiger partial charge is 0.321 e. The van der Waals surface area contributed by atoms with E-state index in [1.165, 1.54) is 4.90 Å². The molecule has 1 saturated heterocycles. The lowest BCUT2D eigenvalue weighted by Gasteiger charge is -2.27. The van der Waals surface area contributed by atoms with E-state index in [9.17, 15) is 4.79 Å². The minimum Gasteiger partial charge on any atom is -0.321 e. The third-order valence-corrected chi connectivity index (χ3v) is 4.68. The van der Waals surface area contributed by atoms with E-state index < -0.39 is 0 Å². The van der Waals surface area contributed by atoms with Gasteiger partial charge in [-0.2, -0.15) is 0 Å². The Balaban J connectivity index is 1.51. The number of carbonyl (C=O) groups is 1. The molecule has 0 saturated carbocycles. The van der Waals surface area contributed by atoms with Crippen molar-refractivity contribution < 1.29 is 14.7 Å². The molecule has 126 valence electrons. The second-order valence-corrected chi connectivity index (χ2v) is 6.68. The number of aromatic nitrogens is 1. The monoisotopic (exact) mass is 366 g/mol. The summed E-state index contributed by atoms with van der Waals surface area (Å²) in [5, 5.41) is 3.89. The van der Waals surface area contributed by atoms with Crippen LogP contribution >= 0.6 is 23.2 Å². The van der Waals surface area contributed by atoms with Gasteiger partial charge in [0, 0.05) is 11.1 Å². The van der Waals surface area contributed by atoms with Crippen LogP contribution in [-0.4, -0.2) is 38.6 Å². The standard InChI is InChI=1S/C17H18Cl2N4O/c18-13-4-5-14(19)15(11-13)21-17(24)12-22-7-9-23(10-8-22)16-3-1-2-6-20-16/h1-6,11H,7-10,12H2,(H,21,24)/p+2. The smallest absolute Gasteiger partial charge is 0.279 e. The van der Waals surface area contributed by atoms with E-state index in [0.717, 1.165) is 32.0 Å². The summed E-state index contributed by atoms with van der Waals surface area (Å²) in [6, 6.07) is 11.1. The van der Waals surface area contributed by atoms with Crippen LogP contribution in [0.2, 0.25) is 10.0 Å². The van der Waals surface area contributed by atoms with Crippen LogP contribution in [0.25, 0.3) is 0 Å². The Kier molecular flexibility index (Phi) is 5.56. The zero-order valence-electron chi connectivity index (χ0n) is 13.2. The van der Waals surface area contributed by atoms with Gasteiger partial charge in [-0.25, -0.2) is 4.98 Å². The first kappa shape index (κ1) is 17.0. The molecule has 2 heterocycles. The van der Waals surface area contributed by atoms with Crippen LogP contribution in [0.4, 0.5) is 11.5 Å². The number of anilines is 2. The lowest BCUT2D eigenvalue weighted by Crippen LogP contribution is -3.15. The molecule has 3 rings (SSSR count). The second kappa shape index (κ2) is 7.83. The fourth-order valence-corrected chi connectivity index (χ4v) is 3.17. The predicted molar refractivity (Wildman–Crippen MR) is 95.9 cm³/mol. The molecule has 24 heavy (non-hydrogen) atoms. The van der Waals surface area contributed by atoms with Crippen molar-refractivity contribution in [1.82, 2.24) is 0 Å². The number of piperazine rings is 1. The molecule has 0 aliphatic carbocycles. The van der Waals surface area contributed by atoms with Crippen LogP contribution in [0.3, 0.4) is 0 Å². The van der Waals surface area contributed by atoms with E-state index in [2.05, 4.69) is 21.3 Å². The summed E-state index contributed by atoms with van der Waals surface area (Å²) in [5.41, 5.74) is 0.561. The minimum absolute atomic E-state index is 0.0473. The number of nitrogens with one attached hydrogen (secondary N) is 3. The van der Waals surface area contributed by atoms with Gasteiger partial charge in [0.2, 0.25) is 0 Å². The molecule has 0 unspecified atom stereocenters. The highest BCUT2D eigenvalue weighted by Crippen LogP contribution is 2.25. The number of nitrogens with zero attached hydrogens (tertiary/aromatic N) is 1. The van der Waals surface area contributed by atoms with Crippen LogP contribution in [0.15, 0.2) is 42.6 Å². The lowest BCUT2D eigenvalue weighted by molar-refractivity contribution is -0.892. The van der Waals surface area contributed by atoms with E-state index in [1.807, 2.05) is 18.3 Å².